The molecule has 0 rings (SSSR count). The lowest BCUT2D eigenvalue weighted by Gasteiger charge is -2.24. The van der Waals surface area contributed by atoms with Crippen LogP contribution in [0.2, 0.25) is 0 Å². The van der Waals surface area contributed by atoms with Gasteiger partial charge in [0.2, 0.25) is 0 Å². The van der Waals surface area contributed by atoms with Crippen LogP contribution in [-0.4, -0.2) is 74.9 Å². The predicted molar refractivity (Wildman–Crippen MR) is 219 cm³/mol. The first-order valence-electron chi connectivity index (χ1n) is 19.2. The van der Waals surface area contributed by atoms with E-state index < -0.39 is 32.5 Å². The molecule has 0 saturated carbocycles. The summed E-state index contributed by atoms with van der Waals surface area (Å²) in [6.45, 7) is 3.98. The van der Waals surface area contributed by atoms with Gasteiger partial charge in [-0.15, -0.1) is 0 Å². The zero-order valence-electron chi connectivity index (χ0n) is 33.2. The summed E-state index contributed by atoms with van der Waals surface area (Å²) in [5.74, 6) is -0.958. The Morgan fingerprint density at radius 2 is 1.15 bits per heavy atom. The lowest BCUT2D eigenvalue weighted by Crippen LogP contribution is -2.37. The summed E-state index contributed by atoms with van der Waals surface area (Å²) >= 11 is 0. The summed E-state index contributed by atoms with van der Waals surface area (Å²) in [6, 6.07) is 0. The molecule has 53 heavy (non-hydrogen) atoms. The first-order chi connectivity index (χ1) is 25.5. The normalized spacial score (nSPS) is 14.9. The predicted octanol–water partition coefficient (Wildman–Crippen LogP) is 10.4. The first-order valence-corrected chi connectivity index (χ1v) is 20.7. The van der Waals surface area contributed by atoms with Crippen LogP contribution in [0, 0.1) is 0 Å². The van der Waals surface area contributed by atoms with E-state index in [1.807, 2.05) is 69.8 Å². The highest BCUT2D eigenvalue weighted by atomic mass is 31.2. The molecular weight excluding hydrogens is 689 g/mol. The van der Waals surface area contributed by atoms with E-state index >= 15 is 0 Å². The number of hydrogen-bond acceptors (Lipinski definition) is 7. The maximum atomic E-state index is 12.6. The zero-order valence-corrected chi connectivity index (χ0v) is 34.1. The number of carbonyl (C=O) groups excluding carboxylic acids is 2. The van der Waals surface area contributed by atoms with E-state index in [2.05, 4.69) is 74.6 Å². The molecule has 0 spiro atoms. The molecular formula is C43H69NO8P+. The lowest BCUT2D eigenvalue weighted by atomic mass is 10.1. The van der Waals surface area contributed by atoms with Crippen LogP contribution in [0.4, 0.5) is 0 Å². The Labute approximate surface area is 321 Å². The van der Waals surface area contributed by atoms with Crippen molar-refractivity contribution in [2.75, 3.05) is 47.5 Å². The molecule has 1 N–H and O–H groups in total. The van der Waals surface area contributed by atoms with Crippen molar-refractivity contribution in [1.82, 2.24) is 0 Å². The van der Waals surface area contributed by atoms with E-state index in [0.717, 1.165) is 57.8 Å². The van der Waals surface area contributed by atoms with Crippen molar-refractivity contribution in [3.63, 3.8) is 0 Å². The van der Waals surface area contributed by atoms with Crippen molar-refractivity contribution in [1.29, 1.82) is 0 Å². The second-order valence-corrected chi connectivity index (χ2v) is 14.7. The van der Waals surface area contributed by atoms with Gasteiger partial charge in [-0.1, -0.05) is 130 Å². The maximum absolute atomic E-state index is 12.6. The molecule has 2 unspecified atom stereocenters. The number of allylic oxidation sites excluding steroid dienone is 18. The number of unbranched alkanes of at least 4 members (excludes halogenated alkanes) is 3. The molecule has 0 aromatic heterocycles. The fraction of sp³-hybridized carbons (Fsp3) is 0.535. The van der Waals surface area contributed by atoms with Crippen LogP contribution in [0.1, 0.15) is 97.3 Å². The van der Waals surface area contributed by atoms with Gasteiger partial charge in [0.25, 0.3) is 0 Å². The monoisotopic (exact) mass is 758 g/mol. The van der Waals surface area contributed by atoms with Gasteiger partial charge >= 0.3 is 19.8 Å². The van der Waals surface area contributed by atoms with Crippen molar-refractivity contribution in [3.05, 3.63) is 109 Å². The Kier molecular flexibility index (Phi) is 32.3. The van der Waals surface area contributed by atoms with E-state index in [0.29, 0.717) is 23.9 Å². The van der Waals surface area contributed by atoms with E-state index in [1.54, 1.807) is 0 Å². The van der Waals surface area contributed by atoms with Gasteiger partial charge in [-0.3, -0.25) is 18.6 Å². The second kappa shape index (κ2) is 34.4. The Morgan fingerprint density at radius 1 is 0.604 bits per heavy atom. The topological polar surface area (TPSA) is 108 Å². The van der Waals surface area contributed by atoms with Crippen LogP contribution < -0.4 is 0 Å². The number of likely N-dealkylation sites (N-methyl/N-ethyl adjacent to an activating group) is 1. The molecule has 298 valence electrons. The number of phosphoric acid groups is 1. The van der Waals surface area contributed by atoms with Gasteiger partial charge in [-0.2, -0.15) is 0 Å². The molecule has 0 aliphatic rings. The minimum absolute atomic E-state index is 0.00564. The van der Waals surface area contributed by atoms with Gasteiger partial charge in [0.15, 0.2) is 6.10 Å². The molecule has 9 nitrogen and oxygen atoms in total. The molecule has 0 aromatic rings. The van der Waals surface area contributed by atoms with E-state index in [9.17, 15) is 19.0 Å². The molecule has 0 amide bonds. The minimum Gasteiger partial charge on any atom is -0.462 e. The SMILES string of the molecule is CC/C=C/C=C/C=C/C=C/CCCCCC(=O)OC(COC(=O)CC/C=C/C/C=C/C/C=C/C/C=C/C/C=C/CC)COP(=O)(O)OCC[N+](C)(C)C. The van der Waals surface area contributed by atoms with Crippen LogP contribution >= 0.6 is 7.82 Å². The third-order valence-corrected chi connectivity index (χ3v) is 8.14. The van der Waals surface area contributed by atoms with Gasteiger partial charge in [0, 0.05) is 12.8 Å². The molecule has 0 fully saturated rings. The Bertz CT molecular complexity index is 1270. The zero-order chi connectivity index (χ0) is 39.3. The van der Waals surface area contributed by atoms with Gasteiger partial charge in [0.1, 0.15) is 19.8 Å². The Morgan fingerprint density at radius 3 is 1.74 bits per heavy atom. The smallest absolute Gasteiger partial charge is 0.462 e. The minimum atomic E-state index is -4.40. The standard InChI is InChI=1S/C43H68NO8P/c1-6-8-10-12-14-16-18-20-21-22-24-25-27-29-31-33-35-42(45)49-39-41(40-51-53(47,48)50-38-37-44(3,4)5)52-43(46)36-34-32-30-28-26-23-19-17-15-13-11-9-7-2/h8-11,13-17,19-21,23-26,29,31,41H,6-7,12,18,22,27-28,30,32-40H2,1-5H3/p+1/b10-8+,11-9+,15-13+,16-14+,19-17+,21-20+,25-24+,26-23+,31-29+. The summed E-state index contributed by atoms with van der Waals surface area (Å²) in [5.41, 5.74) is 0. The summed E-state index contributed by atoms with van der Waals surface area (Å²) in [7, 11) is 1.39. The van der Waals surface area contributed by atoms with E-state index in [-0.39, 0.29) is 26.1 Å². The molecule has 10 heteroatoms. The highest BCUT2D eigenvalue weighted by Gasteiger charge is 2.27. The number of carbonyl (C=O) groups is 2. The average Bonchev–Trinajstić information content (AvgIpc) is 3.10. The van der Waals surface area contributed by atoms with Crippen molar-refractivity contribution in [3.8, 4) is 0 Å². The average molecular weight is 759 g/mol. The quantitative estimate of drug-likeness (QED) is 0.0180. The lowest BCUT2D eigenvalue weighted by molar-refractivity contribution is -0.870. The number of esters is 2. The molecule has 0 heterocycles. The highest BCUT2D eigenvalue weighted by Crippen LogP contribution is 2.43. The Balaban J connectivity index is 4.65. The number of ether oxygens (including phenoxy) is 2. The second-order valence-electron chi connectivity index (χ2n) is 13.3. The summed E-state index contributed by atoms with van der Waals surface area (Å²) < 4.78 is 34.0. The van der Waals surface area contributed by atoms with E-state index in [4.69, 9.17) is 18.5 Å². The van der Waals surface area contributed by atoms with Gasteiger partial charge < -0.3 is 18.9 Å². The van der Waals surface area contributed by atoms with Crippen molar-refractivity contribution in [2.24, 2.45) is 0 Å². The maximum Gasteiger partial charge on any atom is 0.472 e. The Hall–Kier alpha value is -3.33. The van der Waals surface area contributed by atoms with Crippen LogP contribution in [0.15, 0.2) is 109 Å². The molecule has 0 aliphatic heterocycles. The fourth-order valence-electron chi connectivity index (χ4n) is 4.19. The first kappa shape index (κ1) is 49.7. The third kappa shape index (κ3) is 38.2. The summed E-state index contributed by atoms with van der Waals surface area (Å²) in [6.07, 6.45) is 45.9. The number of rotatable bonds is 32. The molecule has 0 aromatic carbocycles. The van der Waals surface area contributed by atoms with Gasteiger partial charge in [-0.25, -0.2) is 4.57 Å². The van der Waals surface area contributed by atoms with E-state index in [1.165, 1.54) is 0 Å². The molecule has 0 aliphatic carbocycles. The molecule has 0 bridgehead atoms. The van der Waals surface area contributed by atoms with Crippen LogP contribution in [0.3, 0.4) is 0 Å². The number of hydrogen-bond donors (Lipinski definition) is 1. The van der Waals surface area contributed by atoms with Gasteiger partial charge in [0.05, 0.1) is 27.7 Å². The van der Waals surface area contributed by atoms with Crippen molar-refractivity contribution >= 4 is 19.8 Å². The molecule has 2 atom stereocenters. The van der Waals surface area contributed by atoms with Crippen LogP contribution in [0.5, 0.6) is 0 Å². The molecule has 0 radical (unpaired) electrons. The van der Waals surface area contributed by atoms with Crippen molar-refractivity contribution in [2.45, 2.75) is 103 Å². The highest BCUT2D eigenvalue weighted by molar-refractivity contribution is 7.47. The third-order valence-electron chi connectivity index (χ3n) is 7.16. The summed E-state index contributed by atoms with van der Waals surface area (Å²) in [5, 5.41) is 0. The fourth-order valence-corrected chi connectivity index (χ4v) is 4.93. The summed E-state index contributed by atoms with van der Waals surface area (Å²) in [4.78, 5) is 35.2. The van der Waals surface area contributed by atoms with Crippen LogP contribution in [0.25, 0.3) is 0 Å². The van der Waals surface area contributed by atoms with Crippen LogP contribution in [-0.2, 0) is 32.7 Å². The number of quaternary nitrogens is 1. The van der Waals surface area contributed by atoms with Crippen molar-refractivity contribution < 1.29 is 42.1 Å². The van der Waals surface area contributed by atoms with Gasteiger partial charge in [-0.05, 0) is 64.2 Å². The molecule has 0 saturated heterocycles. The number of phosphoric ester groups is 1. The largest absolute Gasteiger partial charge is 0.472 e. The number of nitrogens with zero attached hydrogens (tertiary/aromatic N) is 1.